The second-order valence-corrected chi connectivity index (χ2v) is 8.08. The van der Waals surface area contributed by atoms with Gasteiger partial charge in [-0.2, -0.15) is 4.31 Å². The normalized spacial score (nSPS) is 18.6. The average Bonchev–Trinajstić information content (AvgIpc) is 2.97. The zero-order valence-electron chi connectivity index (χ0n) is 10.9. The molecule has 1 aliphatic carbocycles. The third-order valence-electron chi connectivity index (χ3n) is 3.43. The topological polar surface area (TPSA) is 108 Å². The summed E-state index contributed by atoms with van der Waals surface area (Å²) in [6, 6.07) is 0. The van der Waals surface area contributed by atoms with Crippen molar-refractivity contribution in [3.63, 3.8) is 0 Å². The van der Waals surface area contributed by atoms with Crippen molar-refractivity contribution in [1.29, 1.82) is 0 Å². The minimum atomic E-state index is -3.95. The predicted octanol–water partition coefficient (Wildman–Crippen LogP) is 0.767. The molecule has 0 atom stereocenters. The molecule has 0 aliphatic heterocycles. The molecule has 9 heteroatoms. The molecule has 1 aromatic heterocycles. The van der Waals surface area contributed by atoms with Gasteiger partial charge in [-0.1, -0.05) is 12.8 Å². The summed E-state index contributed by atoms with van der Waals surface area (Å²) in [5.74, 6) is -1.38. The first-order valence-electron chi connectivity index (χ1n) is 6.12. The highest BCUT2D eigenvalue weighted by Gasteiger charge is 2.37. The van der Waals surface area contributed by atoms with Crippen LogP contribution in [0.25, 0.3) is 0 Å². The van der Waals surface area contributed by atoms with E-state index in [1.54, 1.807) is 0 Å². The second kappa shape index (κ2) is 5.40. The van der Waals surface area contributed by atoms with Gasteiger partial charge in [-0.05, 0) is 12.8 Å². The van der Waals surface area contributed by atoms with Gasteiger partial charge in [0.05, 0.1) is 11.1 Å². The van der Waals surface area contributed by atoms with Gasteiger partial charge < -0.3 is 10.2 Å². The van der Waals surface area contributed by atoms with E-state index in [9.17, 15) is 18.3 Å². The maximum atomic E-state index is 12.4. The van der Waals surface area contributed by atoms with E-state index in [1.165, 1.54) is 12.6 Å². The van der Waals surface area contributed by atoms with Crippen molar-refractivity contribution in [3.05, 3.63) is 11.2 Å². The first kappa shape index (κ1) is 15.4. The van der Waals surface area contributed by atoms with Crippen LogP contribution < -0.4 is 0 Å². The van der Waals surface area contributed by atoms with Crippen molar-refractivity contribution in [1.82, 2.24) is 9.29 Å². The Balaban J connectivity index is 2.25. The summed E-state index contributed by atoms with van der Waals surface area (Å²) >= 11 is 0.767. The zero-order chi connectivity index (χ0) is 15.0. The molecule has 20 heavy (non-hydrogen) atoms. The van der Waals surface area contributed by atoms with Crippen LogP contribution in [0.1, 0.15) is 36.2 Å². The highest BCUT2D eigenvalue weighted by atomic mass is 32.2. The van der Waals surface area contributed by atoms with Crippen LogP contribution in [-0.2, 0) is 10.0 Å². The smallest absolute Gasteiger partial charge is 0.356 e. The van der Waals surface area contributed by atoms with Crippen molar-refractivity contribution < 1.29 is 23.4 Å². The van der Waals surface area contributed by atoms with Crippen LogP contribution in [0.4, 0.5) is 0 Å². The first-order valence-corrected chi connectivity index (χ1v) is 8.44. The SMILES string of the molecule is CN(CC1(O)CCCC1)S(=O)(=O)c1scnc1C(=O)O. The number of nitrogens with zero attached hydrogens (tertiary/aromatic N) is 2. The molecular weight excluding hydrogens is 304 g/mol. The summed E-state index contributed by atoms with van der Waals surface area (Å²) in [6.07, 6.45) is 2.85. The van der Waals surface area contributed by atoms with E-state index in [0.29, 0.717) is 12.8 Å². The number of thiazole rings is 1. The fourth-order valence-electron chi connectivity index (χ4n) is 2.39. The van der Waals surface area contributed by atoms with Crippen LogP contribution >= 0.6 is 11.3 Å². The highest BCUT2D eigenvalue weighted by Crippen LogP contribution is 2.32. The molecule has 0 spiro atoms. The number of sulfonamides is 1. The molecule has 1 aromatic rings. The molecule has 1 saturated carbocycles. The Bertz CT molecular complexity index is 604. The molecule has 1 heterocycles. The first-order chi connectivity index (χ1) is 9.26. The number of aromatic nitrogens is 1. The number of carboxylic acid groups (broad SMARTS) is 1. The maximum absolute atomic E-state index is 12.4. The lowest BCUT2D eigenvalue weighted by atomic mass is 10.0. The van der Waals surface area contributed by atoms with Gasteiger partial charge >= 0.3 is 5.97 Å². The minimum Gasteiger partial charge on any atom is -0.476 e. The Hall–Kier alpha value is -1.03. The summed E-state index contributed by atoms with van der Waals surface area (Å²) in [7, 11) is -2.60. The number of rotatable bonds is 5. The molecule has 112 valence electrons. The van der Waals surface area contributed by atoms with Gasteiger partial charge in [-0.25, -0.2) is 18.2 Å². The van der Waals surface area contributed by atoms with Gasteiger partial charge in [-0.15, -0.1) is 11.3 Å². The van der Waals surface area contributed by atoms with Crippen LogP contribution in [0, 0.1) is 0 Å². The Morgan fingerprint density at radius 1 is 1.50 bits per heavy atom. The molecule has 7 nitrogen and oxygen atoms in total. The molecule has 0 aromatic carbocycles. The summed E-state index contributed by atoms with van der Waals surface area (Å²) in [5, 5.41) is 19.2. The van der Waals surface area contributed by atoms with Crippen LogP contribution in [0.15, 0.2) is 9.72 Å². The molecule has 1 aliphatic rings. The van der Waals surface area contributed by atoms with Crippen molar-refractivity contribution >= 4 is 27.3 Å². The number of aliphatic hydroxyl groups is 1. The second-order valence-electron chi connectivity index (χ2n) is 4.99. The molecule has 1 fully saturated rings. The zero-order valence-corrected chi connectivity index (χ0v) is 12.6. The van der Waals surface area contributed by atoms with Crippen molar-refractivity contribution in [2.24, 2.45) is 0 Å². The summed E-state index contributed by atoms with van der Waals surface area (Å²) in [5.41, 5.74) is -0.301. The van der Waals surface area contributed by atoms with Crippen molar-refractivity contribution in [2.45, 2.75) is 35.5 Å². The number of aromatic carboxylic acids is 1. The molecule has 0 radical (unpaired) electrons. The van der Waals surface area contributed by atoms with E-state index < -0.39 is 27.3 Å². The summed E-state index contributed by atoms with van der Waals surface area (Å²) < 4.78 is 25.5. The number of hydrogen-bond donors (Lipinski definition) is 2. The van der Waals surface area contributed by atoms with E-state index in [1.807, 2.05) is 0 Å². The van der Waals surface area contributed by atoms with Crippen LogP contribution in [-0.4, -0.2) is 53.1 Å². The van der Waals surface area contributed by atoms with Gasteiger partial charge in [-0.3, -0.25) is 0 Å². The number of carbonyl (C=O) groups is 1. The quantitative estimate of drug-likeness (QED) is 0.829. The van der Waals surface area contributed by atoms with Crippen molar-refractivity contribution in [2.75, 3.05) is 13.6 Å². The fourth-order valence-corrected chi connectivity index (χ4v) is 4.97. The van der Waals surface area contributed by atoms with Gasteiger partial charge in [0.2, 0.25) is 0 Å². The Labute approximate surface area is 120 Å². The number of carboxylic acids is 1. The molecule has 0 amide bonds. The summed E-state index contributed by atoms with van der Waals surface area (Å²) in [6.45, 7) is -0.0354. The Morgan fingerprint density at radius 3 is 2.65 bits per heavy atom. The number of hydrogen-bond acceptors (Lipinski definition) is 6. The third kappa shape index (κ3) is 2.85. The van der Waals surface area contributed by atoms with E-state index in [2.05, 4.69) is 4.98 Å². The van der Waals surface area contributed by atoms with Gasteiger partial charge in [0, 0.05) is 13.6 Å². The molecule has 0 bridgehead atoms. The molecule has 0 unspecified atom stereocenters. The van der Waals surface area contributed by atoms with Crippen LogP contribution in [0.2, 0.25) is 0 Å². The van der Waals surface area contributed by atoms with E-state index in [-0.39, 0.29) is 10.8 Å². The van der Waals surface area contributed by atoms with E-state index >= 15 is 0 Å². The van der Waals surface area contributed by atoms with Gasteiger partial charge in [0.15, 0.2) is 9.90 Å². The molecule has 2 N–H and O–H groups in total. The molecule has 0 saturated heterocycles. The maximum Gasteiger partial charge on any atom is 0.356 e. The van der Waals surface area contributed by atoms with E-state index in [4.69, 9.17) is 5.11 Å². The van der Waals surface area contributed by atoms with Gasteiger partial charge in [0.25, 0.3) is 10.0 Å². The van der Waals surface area contributed by atoms with Gasteiger partial charge in [0.1, 0.15) is 0 Å². The molecule has 2 rings (SSSR count). The predicted molar refractivity (Wildman–Crippen MR) is 72.3 cm³/mol. The third-order valence-corrected chi connectivity index (χ3v) is 6.58. The minimum absolute atomic E-state index is 0.0354. The standard InChI is InChI=1S/C11H16N2O5S2/c1-13(6-11(16)4-2-3-5-11)20(17,18)10-8(9(14)15)12-7-19-10/h7,16H,2-6H2,1H3,(H,14,15). The highest BCUT2D eigenvalue weighted by molar-refractivity contribution is 7.91. The summed E-state index contributed by atoms with van der Waals surface area (Å²) in [4.78, 5) is 14.5. The van der Waals surface area contributed by atoms with E-state index in [0.717, 1.165) is 28.5 Å². The lowest BCUT2D eigenvalue weighted by molar-refractivity contribution is 0.0334. The average molecular weight is 320 g/mol. The fraction of sp³-hybridized carbons (Fsp3) is 0.636. The molecular formula is C11H16N2O5S2. The van der Waals surface area contributed by atoms with Crippen LogP contribution in [0.5, 0.6) is 0 Å². The largest absolute Gasteiger partial charge is 0.476 e. The lowest BCUT2D eigenvalue weighted by Crippen LogP contribution is -2.42. The van der Waals surface area contributed by atoms with Crippen LogP contribution in [0.3, 0.4) is 0 Å². The monoisotopic (exact) mass is 320 g/mol. The van der Waals surface area contributed by atoms with Crippen molar-refractivity contribution in [3.8, 4) is 0 Å². The Morgan fingerprint density at radius 2 is 2.10 bits per heavy atom. The Kier molecular flexibility index (Phi) is 4.14. The number of likely N-dealkylation sites (N-methyl/N-ethyl adjacent to an activating group) is 1. The lowest BCUT2D eigenvalue weighted by Gasteiger charge is -2.27.